The second-order valence-electron chi connectivity index (χ2n) is 8.28. The van der Waals surface area contributed by atoms with Gasteiger partial charge in [0.2, 0.25) is 0 Å². The van der Waals surface area contributed by atoms with E-state index >= 15 is 0 Å². The number of anilines is 1. The molecule has 5 nitrogen and oxygen atoms in total. The van der Waals surface area contributed by atoms with Crippen molar-refractivity contribution in [1.29, 1.82) is 0 Å². The second-order valence-corrected chi connectivity index (χ2v) is 8.28. The molecule has 3 aromatic carbocycles. The molecule has 4 aromatic rings. The van der Waals surface area contributed by atoms with Crippen molar-refractivity contribution in [3.63, 3.8) is 0 Å². The number of aromatic nitrogens is 2. The summed E-state index contributed by atoms with van der Waals surface area (Å²) in [5.41, 5.74) is 7.67. The summed E-state index contributed by atoms with van der Waals surface area (Å²) in [5.74, 6) is -0.0730. The highest BCUT2D eigenvalue weighted by Gasteiger charge is 2.23. The van der Waals surface area contributed by atoms with Gasteiger partial charge in [0.15, 0.2) is 0 Å². The number of H-pyrrole nitrogens is 1. The van der Waals surface area contributed by atoms with Gasteiger partial charge in [-0.05, 0) is 61.1 Å². The molecule has 0 aliphatic carbocycles. The maximum Gasteiger partial charge on any atom is 0.256 e. The van der Waals surface area contributed by atoms with Gasteiger partial charge in [-0.25, -0.2) is 0 Å². The zero-order valence-corrected chi connectivity index (χ0v) is 18.1. The number of hydrogen-bond donors (Lipinski definition) is 2. The van der Waals surface area contributed by atoms with Crippen molar-refractivity contribution in [3.8, 4) is 0 Å². The van der Waals surface area contributed by atoms with Gasteiger partial charge in [-0.3, -0.25) is 9.89 Å². The molecule has 0 fully saturated rings. The van der Waals surface area contributed by atoms with Crippen molar-refractivity contribution >= 4 is 46.3 Å². The summed E-state index contributed by atoms with van der Waals surface area (Å²) in [5, 5.41) is 11.5. The van der Waals surface area contributed by atoms with E-state index in [0.29, 0.717) is 5.57 Å². The molecule has 1 amide bonds. The largest absolute Gasteiger partial charge is 0.321 e. The van der Waals surface area contributed by atoms with Crippen molar-refractivity contribution in [1.82, 2.24) is 15.1 Å². The number of hydrogen-bond acceptors (Lipinski definition) is 3. The van der Waals surface area contributed by atoms with Gasteiger partial charge in [0.25, 0.3) is 5.91 Å². The van der Waals surface area contributed by atoms with Gasteiger partial charge in [0, 0.05) is 28.8 Å². The van der Waals surface area contributed by atoms with Gasteiger partial charge in [-0.1, -0.05) is 54.6 Å². The van der Waals surface area contributed by atoms with E-state index in [1.807, 2.05) is 54.6 Å². The van der Waals surface area contributed by atoms with E-state index in [1.165, 1.54) is 5.56 Å². The first-order chi connectivity index (χ1) is 15.6. The van der Waals surface area contributed by atoms with Crippen LogP contribution in [0, 0.1) is 0 Å². The van der Waals surface area contributed by atoms with Crippen LogP contribution in [0.2, 0.25) is 0 Å². The summed E-state index contributed by atoms with van der Waals surface area (Å²) in [6.45, 7) is 0.930. The fraction of sp³-hybridized carbons (Fsp3) is 0.111. The zero-order chi connectivity index (χ0) is 22.1. The van der Waals surface area contributed by atoms with Crippen LogP contribution in [-0.2, 0) is 11.3 Å². The second kappa shape index (κ2) is 8.29. The molecule has 0 spiro atoms. The number of benzene rings is 3. The fourth-order valence-corrected chi connectivity index (χ4v) is 4.00. The monoisotopic (exact) mass is 420 g/mol. The molecule has 0 saturated heterocycles. The number of nitrogens with zero attached hydrogens (tertiary/aromatic N) is 2. The van der Waals surface area contributed by atoms with Gasteiger partial charge in [-0.15, -0.1) is 0 Å². The number of carbonyl (C=O) groups excluding carboxylic acids is 1. The van der Waals surface area contributed by atoms with Crippen LogP contribution in [0.3, 0.4) is 0 Å². The summed E-state index contributed by atoms with van der Waals surface area (Å²) in [6, 6.07) is 22.4. The van der Waals surface area contributed by atoms with Gasteiger partial charge in [-0.2, -0.15) is 5.10 Å². The lowest BCUT2D eigenvalue weighted by Gasteiger charge is -2.09. The number of carbonyl (C=O) groups is 1. The van der Waals surface area contributed by atoms with Gasteiger partial charge >= 0.3 is 0 Å². The van der Waals surface area contributed by atoms with E-state index < -0.39 is 0 Å². The number of para-hydroxylation sites is 1. The maximum absolute atomic E-state index is 12.4. The molecule has 2 heterocycles. The average Bonchev–Trinajstić information content (AvgIpc) is 3.33. The molecule has 158 valence electrons. The minimum atomic E-state index is -0.0730. The van der Waals surface area contributed by atoms with Crippen LogP contribution in [0.25, 0.3) is 34.7 Å². The Morgan fingerprint density at radius 2 is 1.72 bits per heavy atom. The lowest BCUT2D eigenvalue weighted by molar-refractivity contribution is -0.110. The standard InChI is InChI=1S/C27H24N4O/c1-31(2)17-19-9-7-18(8-10-19)12-14-25-22-13-11-20(16-26(22)30-29-25)15-23-21-5-3-4-6-24(21)28-27(23)32/h3-16H,17H2,1-2H3,(H,28,32)(H,29,30)/b14-12+,23-15?. The van der Waals surface area contributed by atoms with Crippen molar-refractivity contribution < 1.29 is 4.79 Å². The van der Waals surface area contributed by atoms with Crippen molar-refractivity contribution in [2.45, 2.75) is 6.54 Å². The van der Waals surface area contributed by atoms with E-state index in [2.05, 4.69) is 64.9 Å². The Labute approximate surface area is 187 Å². The summed E-state index contributed by atoms with van der Waals surface area (Å²) in [4.78, 5) is 14.5. The third-order valence-corrected chi connectivity index (χ3v) is 5.55. The summed E-state index contributed by atoms with van der Waals surface area (Å²) >= 11 is 0. The molecule has 32 heavy (non-hydrogen) atoms. The number of nitrogens with one attached hydrogen (secondary N) is 2. The Bertz CT molecular complexity index is 1360. The van der Waals surface area contributed by atoms with E-state index in [-0.39, 0.29) is 5.91 Å². The van der Waals surface area contributed by atoms with Gasteiger partial charge in [0.1, 0.15) is 0 Å². The molecule has 0 unspecified atom stereocenters. The summed E-state index contributed by atoms with van der Waals surface area (Å²) < 4.78 is 0. The van der Waals surface area contributed by atoms with E-state index in [1.54, 1.807) is 0 Å². The Hall–Kier alpha value is -3.96. The molecule has 5 rings (SSSR count). The van der Waals surface area contributed by atoms with Gasteiger partial charge < -0.3 is 10.2 Å². The molecule has 0 bridgehead atoms. The minimum absolute atomic E-state index is 0.0730. The molecule has 0 radical (unpaired) electrons. The van der Waals surface area contributed by atoms with Crippen molar-refractivity contribution in [3.05, 3.63) is 94.7 Å². The molecule has 5 heteroatoms. The minimum Gasteiger partial charge on any atom is -0.321 e. The van der Waals surface area contributed by atoms with E-state index in [9.17, 15) is 4.79 Å². The first-order valence-electron chi connectivity index (χ1n) is 10.6. The first kappa shape index (κ1) is 20.0. The summed E-state index contributed by atoms with van der Waals surface area (Å²) in [6.07, 6.45) is 6.02. The number of amides is 1. The predicted octanol–water partition coefficient (Wildman–Crippen LogP) is 5.29. The molecule has 0 saturated carbocycles. The third-order valence-electron chi connectivity index (χ3n) is 5.55. The molecule has 2 N–H and O–H groups in total. The fourth-order valence-electron chi connectivity index (χ4n) is 4.00. The molecular formula is C27H24N4O. The highest BCUT2D eigenvalue weighted by Crippen LogP contribution is 2.33. The average molecular weight is 421 g/mol. The molecule has 0 atom stereocenters. The lowest BCUT2D eigenvalue weighted by Crippen LogP contribution is -2.10. The smallest absolute Gasteiger partial charge is 0.256 e. The highest BCUT2D eigenvalue weighted by atomic mass is 16.2. The van der Waals surface area contributed by atoms with Crippen LogP contribution in [0.5, 0.6) is 0 Å². The molecule has 1 aliphatic heterocycles. The molecule has 1 aromatic heterocycles. The Kier molecular flexibility index (Phi) is 5.17. The Balaban J connectivity index is 1.39. The van der Waals surface area contributed by atoms with Crippen LogP contribution in [0.15, 0.2) is 66.7 Å². The molecule has 1 aliphatic rings. The Morgan fingerprint density at radius 1 is 0.938 bits per heavy atom. The van der Waals surface area contributed by atoms with Crippen LogP contribution in [0.4, 0.5) is 5.69 Å². The Morgan fingerprint density at radius 3 is 2.53 bits per heavy atom. The van der Waals surface area contributed by atoms with E-state index in [4.69, 9.17) is 0 Å². The maximum atomic E-state index is 12.4. The predicted molar refractivity (Wildman–Crippen MR) is 132 cm³/mol. The summed E-state index contributed by atoms with van der Waals surface area (Å²) in [7, 11) is 4.14. The van der Waals surface area contributed by atoms with Crippen LogP contribution in [-0.4, -0.2) is 35.1 Å². The van der Waals surface area contributed by atoms with Crippen molar-refractivity contribution in [2.75, 3.05) is 19.4 Å². The van der Waals surface area contributed by atoms with Crippen LogP contribution in [0.1, 0.15) is 27.9 Å². The van der Waals surface area contributed by atoms with Crippen LogP contribution >= 0.6 is 0 Å². The third kappa shape index (κ3) is 3.98. The topological polar surface area (TPSA) is 61.0 Å². The van der Waals surface area contributed by atoms with Gasteiger partial charge in [0.05, 0.1) is 11.2 Å². The SMILES string of the molecule is CN(C)Cc1ccc(/C=C/c2n[nH]c3cc(C=C4C(=O)Nc5ccccc54)ccc23)cc1. The number of rotatable bonds is 5. The van der Waals surface area contributed by atoms with Crippen molar-refractivity contribution in [2.24, 2.45) is 0 Å². The normalized spacial score (nSPS) is 14.6. The number of fused-ring (bicyclic) bond motifs is 2. The first-order valence-corrected chi connectivity index (χ1v) is 10.6. The number of aromatic amines is 1. The lowest BCUT2D eigenvalue weighted by atomic mass is 10.0. The zero-order valence-electron chi connectivity index (χ0n) is 18.1. The molecular weight excluding hydrogens is 396 g/mol. The van der Waals surface area contributed by atoms with Crippen LogP contribution < -0.4 is 5.32 Å². The highest BCUT2D eigenvalue weighted by molar-refractivity contribution is 6.34. The van der Waals surface area contributed by atoms with E-state index in [0.717, 1.165) is 45.5 Å². The quantitative estimate of drug-likeness (QED) is 0.432.